The number of hydrogen-bond donors (Lipinski definition) is 11. The summed E-state index contributed by atoms with van der Waals surface area (Å²) in [4.78, 5) is 14.2. The maximum atomic E-state index is 14.2. The standard InChI is InChI=1S/C34H42O20/c1-10-20(37)24(41)27(44)32(49-10)48-9-18-22(39)26(43)29(46)34(53-18)54-31-23(40)19-15(36)7-13(51-33-28(45)25(42)21(38)11(2)50-33)8-17(19)52-30(31)12-4-5-14(35)16(6-12)47-3/h4-8,10-11,18,20-22,24-29,32-39,41-46H,9H2,1-3H3/t10-,11-,18-,20+,21+,22-,24+,25+,26-,27-,28-,29-,32-,33+,34+/m1/s1. The molecule has 0 unspecified atom stereocenters. The maximum Gasteiger partial charge on any atom is 0.239 e. The first-order chi connectivity index (χ1) is 25.5. The van der Waals surface area contributed by atoms with E-state index in [2.05, 4.69) is 0 Å². The molecular weight excluding hydrogens is 728 g/mol. The van der Waals surface area contributed by atoms with Gasteiger partial charge in [0.2, 0.25) is 23.8 Å². The van der Waals surface area contributed by atoms with Gasteiger partial charge in [-0.05, 0) is 32.0 Å². The molecule has 0 saturated carbocycles. The Morgan fingerprint density at radius 1 is 0.648 bits per heavy atom. The van der Waals surface area contributed by atoms with Gasteiger partial charge in [0.25, 0.3) is 0 Å². The summed E-state index contributed by atoms with van der Waals surface area (Å²) in [5, 5.41) is 114. The van der Waals surface area contributed by atoms with Crippen LogP contribution in [0, 0.1) is 0 Å². The van der Waals surface area contributed by atoms with Crippen molar-refractivity contribution in [1.82, 2.24) is 0 Å². The van der Waals surface area contributed by atoms with Crippen molar-refractivity contribution in [3.63, 3.8) is 0 Å². The third-order valence-corrected chi connectivity index (χ3v) is 9.54. The summed E-state index contributed by atoms with van der Waals surface area (Å²) in [6.07, 6.45) is -23.7. The number of aliphatic hydroxyl groups is 9. The molecule has 6 rings (SSSR count). The molecule has 3 saturated heterocycles. The maximum absolute atomic E-state index is 14.2. The van der Waals surface area contributed by atoms with Crippen molar-refractivity contribution in [1.29, 1.82) is 0 Å². The second-order valence-electron chi connectivity index (χ2n) is 13.2. The van der Waals surface area contributed by atoms with Gasteiger partial charge in [0.05, 0.1) is 25.9 Å². The molecule has 3 fully saturated rings. The number of methoxy groups -OCH3 is 1. The number of aromatic hydroxyl groups is 2. The van der Waals surface area contributed by atoms with E-state index in [0.29, 0.717) is 0 Å². The van der Waals surface area contributed by atoms with Crippen molar-refractivity contribution < 1.29 is 93.7 Å². The zero-order valence-corrected chi connectivity index (χ0v) is 28.8. The van der Waals surface area contributed by atoms with Crippen LogP contribution in [0.1, 0.15) is 13.8 Å². The lowest BCUT2D eigenvalue weighted by atomic mass is 9.98. The highest BCUT2D eigenvalue weighted by molar-refractivity contribution is 5.88. The van der Waals surface area contributed by atoms with Crippen molar-refractivity contribution in [2.24, 2.45) is 0 Å². The van der Waals surface area contributed by atoms with Crippen LogP contribution in [0.25, 0.3) is 22.3 Å². The van der Waals surface area contributed by atoms with E-state index in [-0.39, 0.29) is 34.2 Å². The largest absolute Gasteiger partial charge is 0.507 e. The lowest BCUT2D eigenvalue weighted by molar-refractivity contribution is -0.318. The first-order valence-electron chi connectivity index (χ1n) is 16.8. The predicted molar refractivity (Wildman–Crippen MR) is 176 cm³/mol. The summed E-state index contributed by atoms with van der Waals surface area (Å²) in [5.41, 5.74) is -1.32. The molecule has 0 radical (unpaired) electrons. The van der Waals surface area contributed by atoms with Gasteiger partial charge in [0.1, 0.15) is 83.5 Å². The van der Waals surface area contributed by atoms with Crippen molar-refractivity contribution in [3.05, 3.63) is 40.6 Å². The molecule has 20 nitrogen and oxygen atoms in total. The van der Waals surface area contributed by atoms with Crippen LogP contribution in [-0.2, 0) is 18.9 Å². The Hall–Kier alpha value is -3.87. The molecule has 0 aliphatic carbocycles. The van der Waals surface area contributed by atoms with Gasteiger partial charge in [-0.2, -0.15) is 0 Å². The first kappa shape index (κ1) is 39.8. The molecule has 20 heteroatoms. The first-order valence-corrected chi connectivity index (χ1v) is 16.8. The fourth-order valence-corrected chi connectivity index (χ4v) is 6.30. The van der Waals surface area contributed by atoms with Gasteiger partial charge in [0.15, 0.2) is 23.5 Å². The zero-order valence-electron chi connectivity index (χ0n) is 28.8. The third kappa shape index (κ3) is 7.41. The molecular formula is C34H42O20. The van der Waals surface area contributed by atoms with E-state index in [1.807, 2.05) is 0 Å². The molecule has 3 aliphatic rings. The Balaban J connectivity index is 1.35. The summed E-state index contributed by atoms with van der Waals surface area (Å²) < 4.78 is 44.8. The van der Waals surface area contributed by atoms with Gasteiger partial charge >= 0.3 is 0 Å². The topological polar surface area (TPSA) is 317 Å². The Morgan fingerprint density at radius 2 is 1.22 bits per heavy atom. The Kier molecular flexibility index (Phi) is 11.6. The molecule has 11 N–H and O–H groups in total. The van der Waals surface area contributed by atoms with Crippen LogP contribution in [0.4, 0.5) is 0 Å². The third-order valence-electron chi connectivity index (χ3n) is 9.54. The normalized spacial score (nSPS) is 37.2. The van der Waals surface area contributed by atoms with Crippen LogP contribution in [0.5, 0.6) is 28.7 Å². The number of fused-ring (bicyclic) bond motifs is 1. The molecule has 3 aromatic rings. The fourth-order valence-electron chi connectivity index (χ4n) is 6.30. The van der Waals surface area contributed by atoms with Gasteiger partial charge in [-0.3, -0.25) is 4.79 Å². The number of hydrogen-bond acceptors (Lipinski definition) is 20. The molecule has 2 aromatic carbocycles. The van der Waals surface area contributed by atoms with Crippen LogP contribution in [0.2, 0.25) is 0 Å². The molecule has 3 aliphatic heterocycles. The lowest BCUT2D eigenvalue weighted by Crippen LogP contribution is -2.61. The van der Waals surface area contributed by atoms with Crippen LogP contribution >= 0.6 is 0 Å². The van der Waals surface area contributed by atoms with Crippen LogP contribution in [0.15, 0.2) is 39.5 Å². The monoisotopic (exact) mass is 770 g/mol. The quantitative estimate of drug-likeness (QED) is 0.104. The molecule has 54 heavy (non-hydrogen) atoms. The number of ether oxygens (including phenoxy) is 7. The van der Waals surface area contributed by atoms with E-state index in [9.17, 15) is 61.0 Å². The molecule has 4 heterocycles. The van der Waals surface area contributed by atoms with E-state index in [0.717, 1.165) is 12.1 Å². The van der Waals surface area contributed by atoms with Crippen molar-refractivity contribution in [2.75, 3.05) is 13.7 Å². The number of aliphatic hydroxyl groups excluding tert-OH is 9. The predicted octanol–water partition coefficient (Wildman–Crippen LogP) is -2.88. The lowest BCUT2D eigenvalue weighted by Gasteiger charge is -2.42. The smallest absolute Gasteiger partial charge is 0.239 e. The Morgan fingerprint density at radius 3 is 1.85 bits per heavy atom. The molecule has 0 spiro atoms. The number of phenols is 2. The van der Waals surface area contributed by atoms with E-state index in [4.69, 9.17) is 37.6 Å². The Bertz CT molecular complexity index is 1850. The Labute approximate surface area is 305 Å². The average molecular weight is 771 g/mol. The van der Waals surface area contributed by atoms with E-state index < -0.39 is 121 Å². The highest BCUT2D eigenvalue weighted by atomic mass is 16.7. The summed E-state index contributed by atoms with van der Waals surface area (Å²) >= 11 is 0. The molecule has 1 aromatic heterocycles. The van der Waals surface area contributed by atoms with Crippen molar-refractivity contribution in [2.45, 2.75) is 106 Å². The molecule has 298 valence electrons. The minimum absolute atomic E-state index is 0.0468. The summed E-state index contributed by atoms with van der Waals surface area (Å²) in [7, 11) is 1.26. The van der Waals surface area contributed by atoms with Gasteiger partial charge in [0, 0.05) is 17.7 Å². The zero-order chi connectivity index (χ0) is 39.3. The number of phenolic OH excluding ortho intramolecular Hbond substituents is 2. The summed E-state index contributed by atoms with van der Waals surface area (Å²) in [5.74, 6) is -2.37. The van der Waals surface area contributed by atoms with Crippen LogP contribution < -0.4 is 19.6 Å². The minimum Gasteiger partial charge on any atom is -0.507 e. The average Bonchev–Trinajstić information content (AvgIpc) is 3.14. The highest BCUT2D eigenvalue weighted by Crippen LogP contribution is 2.40. The second-order valence-corrected chi connectivity index (χ2v) is 13.2. The molecule has 0 bridgehead atoms. The van der Waals surface area contributed by atoms with Gasteiger partial charge in [-0.1, -0.05) is 0 Å². The highest BCUT2D eigenvalue weighted by Gasteiger charge is 2.48. The number of rotatable bonds is 9. The van der Waals surface area contributed by atoms with E-state index >= 15 is 0 Å². The van der Waals surface area contributed by atoms with Crippen LogP contribution in [0.3, 0.4) is 0 Å². The van der Waals surface area contributed by atoms with E-state index in [1.54, 1.807) is 0 Å². The molecule has 0 amide bonds. The number of benzene rings is 2. The second kappa shape index (κ2) is 15.7. The van der Waals surface area contributed by atoms with Crippen molar-refractivity contribution in [3.8, 4) is 40.1 Å². The summed E-state index contributed by atoms with van der Waals surface area (Å²) in [6, 6.07) is 5.91. The van der Waals surface area contributed by atoms with Gasteiger partial charge < -0.3 is 93.7 Å². The minimum atomic E-state index is -2.01. The molecule has 15 atom stereocenters. The SMILES string of the molecule is COc1cc(-c2oc3cc(O[C@@H]4O[C@H](C)[C@H](O)[C@H](O)[C@H]4O)cc(O)c3c(=O)c2O[C@@H]2O[C@H](CO[C@@H]3O[C@H](C)[C@H](O)[C@H](O)[C@H]3O)[C@@H](O)[C@@H](O)[C@H]2O)ccc1O. The van der Waals surface area contributed by atoms with Gasteiger partial charge in [-0.25, -0.2) is 0 Å². The summed E-state index contributed by atoms with van der Waals surface area (Å²) in [6.45, 7) is 2.22. The van der Waals surface area contributed by atoms with Gasteiger partial charge in [-0.15, -0.1) is 0 Å². The van der Waals surface area contributed by atoms with Crippen molar-refractivity contribution >= 4 is 11.0 Å². The van der Waals surface area contributed by atoms with E-state index in [1.165, 1.54) is 39.2 Å². The van der Waals surface area contributed by atoms with Crippen LogP contribution in [-0.4, -0.2) is 162 Å². The fraction of sp³-hybridized carbons (Fsp3) is 0.559.